The van der Waals surface area contributed by atoms with Crippen LogP contribution in [0.15, 0.2) is 121 Å². The number of rotatable bonds is 6. The van der Waals surface area contributed by atoms with E-state index in [-0.39, 0.29) is 20.5 Å². The van der Waals surface area contributed by atoms with E-state index in [1.54, 1.807) is 0 Å². The van der Waals surface area contributed by atoms with E-state index in [2.05, 4.69) is 84.9 Å². The standard InChI is InChI=1S/C29H23NO2PSe/c1-32-28(31)26-29(34-27(30-26)22-14-6-2-7-15-22)33(23-16-8-3-9-17-23,24-18-10-4-11-19-24)25-20-12-5-13-21-25/h2-21H,1H3/q+1. The van der Waals surface area contributed by atoms with Crippen LogP contribution in [0.25, 0.3) is 10.1 Å². The zero-order valence-corrected chi connectivity index (χ0v) is 21.3. The second kappa shape index (κ2) is 9.91. The molecule has 0 radical (unpaired) electrons. The number of nitrogens with zero attached hydrogens (tertiary/aromatic N) is 1. The van der Waals surface area contributed by atoms with Crippen LogP contribution in [0.2, 0.25) is 0 Å². The summed E-state index contributed by atoms with van der Waals surface area (Å²) >= 11 is -0.166. The molecule has 0 unspecified atom stereocenters. The molecule has 0 aliphatic heterocycles. The number of methoxy groups -OCH3 is 1. The van der Waals surface area contributed by atoms with E-state index in [9.17, 15) is 4.79 Å². The number of aromatic nitrogens is 1. The Bertz CT molecular complexity index is 1290. The first-order valence-electron chi connectivity index (χ1n) is 11.0. The van der Waals surface area contributed by atoms with Crippen LogP contribution in [-0.2, 0) is 4.74 Å². The molecule has 5 aromatic rings. The van der Waals surface area contributed by atoms with Crippen molar-refractivity contribution in [2.24, 2.45) is 0 Å². The molecule has 0 saturated carbocycles. The van der Waals surface area contributed by atoms with Gasteiger partial charge in [-0.05, 0) is 0 Å². The molecule has 0 atom stereocenters. The number of carbonyl (C=O) groups is 1. The van der Waals surface area contributed by atoms with Crippen LogP contribution >= 0.6 is 7.26 Å². The van der Waals surface area contributed by atoms with E-state index in [1.807, 2.05) is 36.4 Å². The molecule has 0 spiro atoms. The Morgan fingerprint density at radius 1 is 0.676 bits per heavy atom. The molecule has 0 aliphatic carbocycles. The van der Waals surface area contributed by atoms with Crippen molar-refractivity contribution in [3.63, 3.8) is 0 Å². The van der Waals surface area contributed by atoms with Crippen molar-refractivity contribution in [2.45, 2.75) is 0 Å². The van der Waals surface area contributed by atoms with Crippen LogP contribution in [0.1, 0.15) is 10.5 Å². The summed E-state index contributed by atoms with van der Waals surface area (Å²) in [5.74, 6) is -0.380. The third-order valence-electron chi connectivity index (χ3n) is 5.74. The molecule has 34 heavy (non-hydrogen) atoms. The number of esters is 1. The minimum atomic E-state index is -2.39. The van der Waals surface area contributed by atoms with Gasteiger partial charge in [0.2, 0.25) is 0 Å². The molecule has 0 saturated heterocycles. The quantitative estimate of drug-likeness (QED) is 0.189. The first kappa shape index (κ1) is 22.5. The summed E-state index contributed by atoms with van der Waals surface area (Å²) < 4.78 is 7.32. The molecule has 0 amide bonds. The number of carbonyl (C=O) groups excluding carboxylic acids is 1. The fraction of sp³-hybridized carbons (Fsp3) is 0.0345. The number of ether oxygens (including phenoxy) is 1. The summed E-state index contributed by atoms with van der Waals surface area (Å²) in [4.78, 5) is 18.1. The number of benzene rings is 4. The van der Waals surface area contributed by atoms with Crippen LogP contribution in [-0.4, -0.2) is 32.6 Å². The monoisotopic (exact) mass is 528 g/mol. The van der Waals surface area contributed by atoms with Crippen LogP contribution < -0.4 is 20.1 Å². The molecule has 0 N–H and O–H groups in total. The predicted molar refractivity (Wildman–Crippen MR) is 143 cm³/mol. The topological polar surface area (TPSA) is 39.2 Å². The molecule has 5 rings (SSSR count). The predicted octanol–water partition coefficient (Wildman–Crippen LogP) is 4.21. The van der Waals surface area contributed by atoms with E-state index >= 15 is 0 Å². The van der Waals surface area contributed by atoms with Crippen LogP contribution in [0.3, 0.4) is 0 Å². The van der Waals surface area contributed by atoms with Gasteiger partial charge in [0.15, 0.2) is 0 Å². The van der Waals surface area contributed by atoms with Crippen LogP contribution in [0.5, 0.6) is 0 Å². The van der Waals surface area contributed by atoms with Gasteiger partial charge in [0.25, 0.3) is 0 Å². The van der Waals surface area contributed by atoms with Crippen molar-refractivity contribution in [3.8, 4) is 10.1 Å². The van der Waals surface area contributed by atoms with Crippen LogP contribution in [0, 0.1) is 0 Å². The molecular formula is C29H23NO2PSe+. The summed E-state index contributed by atoms with van der Waals surface area (Å²) in [6.45, 7) is 0. The van der Waals surface area contributed by atoms with Gasteiger partial charge in [0.1, 0.15) is 0 Å². The van der Waals surface area contributed by atoms with Gasteiger partial charge in [0, 0.05) is 0 Å². The van der Waals surface area contributed by atoms with E-state index < -0.39 is 7.26 Å². The van der Waals surface area contributed by atoms with Crippen molar-refractivity contribution >= 4 is 47.8 Å². The number of hydrogen-bond acceptors (Lipinski definition) is 3. The molecule has 3 nitrogen and oxygen atoms in total. The summed E-state index contributed by atoms with van der Waals surface area (Å²) in [6, 6.07) is 41.8. The minimum absolute atomic E-state index is 0.166. The van der Waals surface area contributed by atoms with Crippen molar-refractivity contribution in [1.82, 2.24) is 4.98 Å². The van der Waals surface area contributed by atoms with Crippen molar-refractivity contribution in [2.75, 3.05) is 7.11 Å². The summed E-state index contributed by atoms with van der Waals surface area (Å²) in [7, 11) is -0.956. The van der Waals surface area contributed by atoms with E-state index in [1.165, 1.54) is 23.0 Å². The zero-order valence-electron chi connectivity index (χ0n) is 18.7. The first-order valence-corrected chi connectivity index (χ1v) is 14.5. The molecule has 0 bridgehead atoms. The first-order chi connectivity index (χ1) is 16.7. The third kappa shape index (κ3) is 3.95. The second-order valence-corrected chi connectivity index (χ2v) is 13.8. The molecule has 5 heteroatoms. The second-order valence-electron chi connectivity index (χ2n) is 7.71. The molecule has 0 fully saturated rings. The molecule has 166 valence electrons. The third-order valence-corrected chi connectivity index (χ3v) is 13.9. The Balaban J connectivity index is 1.92. The fourth-order valence-corrected chi connectivity index (χ4v) is 13.3. The normalized spacial score (nSPS) is 11.2. The van der Waals surface area contributed by atoms with Gasteiger partial charge >= 0.3 is 207 Å². The maximum atomic E-state index is 13.2. The Kier molecular flexibility index (Phi) is 6.56. The van der Waals surface area contributed by atoms with E-state index in [4.69, 9.17) is 9.72 Å². The zero-order chi connectivity index (χ0) is 23.4. The van der Waals surface area contributed by atoms with Gasteiger partial charge < -0.3 is 0 Å². The molecular weight excluding hydrogens is 504 g/mol. The van der Waals surface area contributed by atoms with E-state index in [0.29, 0.717) is 5.69 Å². The molecule has 4 aromatic carbocycles. The Morgan fingerprint density at radius 2 is 1.09 bits per heavy atom. The molecule has 1 aromatic heterocycles. The van der Waals surface area contributed by atoms with Crippen molar-refractivity contribution in [3.05, 3.63) is 127 Å². The van der Waals surface area contributed by atoms with Gasteiger partial charge in [-0.15, -0.1) is 0 Å². The molecule has 1 heterocycles. The van der Waals surface area contributed by atoms with E-state index in [0.717, 1.165) is 14.3 Å². The van der Waals surface area contributed by atoms with Crippen molar-refractivity contribution < 1.29 is 9.53 Å². The Morgan fingerprint density at radius 3 is 1.50 bits per heavy atom. The van der Waals surface area contributed by atoms with Gasteiger partial charge in [0.05, 0.1) is 0 Å². The summed E-state index contributed by atoms with van der Waals surface area (Å²) in [5, 5.41) is 3.61. The van der Waals surface area contributed by atoms with Gasteiger partial charge in [-0.25, -0.2) is 0 Å². The summed E-state index contributed by atoms with van der Waals surface area (Å²) in [5.41, 5.74) is 1.50. The number of hydrogen-bond donors (Lipinski definition) is 0. The van der Waals surface area contributed by atoms with Crippen molar-refractivity contribution in [1.29, 1.82) is 0 Å². The average molecular weight is 527 g/mol. The SMILES string of the molecule is COC(=O)c1nc(-c2ccccc2)[se]c1[P+](c1ccccc1)(c1ccccc1)c1ccccc1. The van der Waals surface area contributed by atoms with Gasteiger partial charge in [-0.3, -0.25) is 0 Å². The Labute approximate surface area is 206 Å². The van der Waals surface area contributed by atoms with Gasteiger partial charge in [-0.1, -0.05) is 0 Å². The Hall–Kier alpha value is -3.29. The maximum absolute atomic E-state index is 13.2. The average Bonchev–Trinajstić information content (AvgIpc) is 3.37. The van der Waals surface area contributed by atoms with Crippen LogP contribution in [0.4, 0.5) is 0 Å². The molecule has 0 aliphatic rings. The fourth-order valence-electron chi connectivity index (χ4n) is 4.23. The van der Waals surface area contributed by atoms with Gasteiger partial charge in [-0.2, -0.15) is 0 Å². The summed E-state index contributed by atoms with van der Waals surface area (Å²) in [6.07, 6.45) is 0.